The molecule has 1 aromatic rings. The third-order valence-electron chi connectivity index (χ3n) is 3.77. The van der Waals surface area contributed by atoms with Crippen molar-refractivity contribution in [1.29, 1.82) is 5.26 Å². The molecule has 0 aromatic heterocycles. The smallest absolute Gasteiger partial charge is 0.234 e. The molecule has 0 radical (unpaired) electrons. The molecule has 2 rings (SSSR count). The van der Waals surface area contributed by atoms with Crippen molar-refractivity contribution in [3.63, 3.8) is 0 Å². The van der Waals surface area contributed by atoms with E-state index in [1.165, 1.54) is 5.56 Å². The summed E-state index contributed by atoms with van der Waals surface area (Å²) in [5, 5.41) is 11.3. The average molecular weight is 287 g/mol. The van der Waals surface area contributed by atoms with Crippen LogP contribution in [0.15, 0.2) is 24.3 Å². The Bertz CT molecular complexity index is 507. The zero-order valence-electron chi connectivity index (χ0n) is 12.3. The van der Waals surface area contributed by atoms with Crippen LogP contribution in [0.1, 0.15) is 30.9 Å². The number of nitriles is 1. The van der Waals surface area contributed by atoms with Gasteiger partial charge in [0.25, 0.3) is 0 Å². The molecule has 5 nitrogen and oxygen atoms in total. The van der Waals surface area contributed by atoms with E-state index >= 15 is 0 Å². The number of carbonyl (C=O) groups is 1. The lowest BCUT2D eigenvalue weighted by Crippen LogP contribution is -2.37. The zero-order chi connectivity index (χ0) is 15.1. The summed E-state index contributed by atoms with van der Waals surface area (Å²) >= 11 is 0. The van der Waals surface area contributed by atoms with E-state index < -0.39 is 0 Å². The number of benzene rings is 1. The van der Waals surface area contributed by atoms with E-state index in [1.54, 1.807) is 7.11 Å². The zero-order valence-corrected chi connectivity index (χ0v) is 12.3. The summed E-state index contributed by atoms with van der Waals surface area (Å²) in [6.07, 6.45) is 2.52. The van der Waals surface area contributed by atoms with Crippen molar-refractivity contribution in [3.8, 4) is 11.8 Å². The first-order valence-corrected chi connectivity index (χ1v) is 7.26. The number of methoxy groups -OCH3 is 1. The Hall–Kier alpha value is -2.06. The predicted octanol–water partition coefficient (Wildman–Crippen LogP) is 1.86. The summed E-state index contributed by atoms with van der Waals surface area (Å²) in [5.41, 5.74) is 1.22. The van der Waals surface area contributed by atoms with Crippen LogP contribution in [0, 0.1) is 11.3 Å². The lowest BCUT2D eigenvalue weighted by atomic mass is 10.0. The lowest BCUT2D eigenvalue weighted by molar-refractivity contribution is -0.122. The minimum Gasteiger partial charge on any atom is -0.497 e. The van der Waals surface area contributed by atoms with Crippen molar-refractivity contribution in [3.05, 3.63) is 29.8 Å². The molecule has 21 heavy (non-hydrogen) atoms. The number of likely N-dealkylation sites (tertiary alicyclic amines) is 1. The first kappa shape index (κ1) is 15.3. The minimum atomic E-state index is -0.00865. The lowest BCUT2D eigenvalue weighted by Gasteiger charge is -2.24. The Morgan fingerprint density at radius 2 is 2.24 bits per heavy atom. The summed E-state index contributed by atoms with van der Waals surface area (Å²) < 4.78 is 5.17. The maximum absolute atomic E-state index is 11.9. The van der Waals surface area contributed by atoms with Crippen LogP contribution in [-0.2, 0) is 4.79 Å². The van der Waals surface area contributed by atoms with Gasteiger partial charge in [0.1, 0.15) is 5.75 Å². The summed E-state index contributed by atoms with van der Waals surface area (Å²) in [7, 11) is 1.66. The van der Waals surface area contributed by atoms with Gasteiger partial charge in [0.05, 0.1) is 26.1 Å². The molecule has 0 bridgehead atoms. The number of nitrogens with zero attached hydrogens (tertiary/aromatic N) is 2. The molecule has 0 unspecified atom stereocenters. The van der Waals surface area contributed by atoms with Crippen molar-refractivity contribution >= 4 is 5.91 Å². The predicted molar refractivity (Wildman–Crippen MR) is 79.8 cm³/mol. The van der Waals surface area contributed by atoms with Crippen molar-refractivity contribution in [2.45, 2.75) is 25.3 Å². The summed E-state index contributed by atoms with van der Waals surface area (Å²) in [6, 6.07) is 10.4. The number of hydrogen-bond acceptors (Lipinski definition) is 4. The Balaban J connectivity index is 1.93. The molecule has 5 heteroatoms. The van der Waals surface area contributed by atoms with Gasteiger partial charge in [0.15, 0.2) is 0 Å². The third kappa shape index (κ3) is 4.20. The van der Waals surface area contributed by atoms with E-state index in [1.807, 2.05) is 18.2 Å². The summed E-state index contributed by atoms with van der Waals surface area (Å²) in [4.78, 5) is 14.1. The van der Waals surface area contributed by atoms with Crippen LogP contribution in [0.5, 0.6) is 5.75 Å². The van der Waals surface area contributed by atoms with Gasteiger partial charge in [-0.2, -0.15) is 5.26 Å². The first-order valence-electron chi connectivity index (χ1n) is 7.26. The highest BCUT2D eigenvalue weighted by Crippen LogP contribution is 2.32. The van der Waals surface area contributed by atoms with Crippen LogP contribution < -0.4 is 10.1 Å². The maximum atomic E-state index is 11.9. The van der Waals surface area contributed by atoms with Crippen molar-refractivity contribution in [2.24, 2.45) is 0 Å². The second-order valence-corrected chi connectivity index (χ2v) is 5.16. The van der Waals surface area contributed by atoms with E-state index in [-0.39, 0.29) is 11.9 Å². The van der Waals surface area contributed by atoms with Crippen molar-refractivity contribution < 1.29 is 9.53 Å². The van der Waals surface area contributed by atoms with Gasteiger partial charge in [-0.05, 0) is 37.1 Å². The number of ether oxygens (including phenoxy) is 1. The molecule has 1 heterocycles. The summed E-state index contributed by atoms with van der Waals surface area (Å²) in [5.74, 6) is 0.836. The maximum Gasteiger partial charge on any atom is 0.234 e. The van der Waals surface area contributed by atoms with Gasteiger partial charge in [-0.15, -0.1) is 0 Å². The topological polar surface area (TPSA) is 65.4 Å². The largest absolute Gasteiger partial charge is 0.497 e. The van der Waals surface area contributed by atoms with Crippen LogP contribution in [0.25, 0.3) is 0 Å². The number of carbonyl (C=O) groups excluding carboxylic acids is 1. The van der Waals surface area contributed by atoms with E-state index in [0.29, 0.717) is 19.5 Å². The van der Waals surface area contributed by atoms with Crippen LogP contribution in [-0.4, -0.2) is 37.6 Å². The van der Waals surface area contributed by atoms with Gasteiger partial charge in [-0.3, -0.25) is 9.69 Å². The molecule has 0 spiro atoms. The molecule has 0 aliphatic carbocycles. The molecule has 112 valence electrons. The van der Waals surface area contributed by atoms with Crippen LogP contribution in [0.2, 0.25) is 0 Å². The molecule has 1 aliphatic heterocycles. The molecule has 1 fully saturated rings. The highest BCUT2D eigenvalue weighted by atomic mass is 16.5. The van der Waals surface area contributed by atoms with E-state index in [0.717, 1.165) is 25.1 Å². The van der Waals surface area contributed by atoms with Gasteiger partial charge < -0.3 is 10.1 Å². The Morgan fingerprint density at radius 3 is 2.90 bits per heavy atom. The Kier molecular flexibility index (Phi) is 5.59. The standard InChI is InChI=1S/C16H21N3O2/c1-21-14-7-5-13(6-8-14)15-4-2-11-19(15)12-16(20)18-10-3-9-17/h5-8,15H,2-4,10-12H2,1H3,(H,18,20)/t15-/m1/s1. The number of nitrogens with one attached hydrogen (secondary N) is 1. The second-order valence-electron chi connectivity index (χ2n) is 5.16. The highest BCUT2D eigenvalue weighted by Gasteiger charge is 2.27. The molecule has 1 aliphatic rings. The SMILES string of the molecule is COc1ccc([C@H]2CCCN2CC(=O)NCCC#N)cc1. The molecule has 1 aromatic carbocycles. The minimum absolute atomic E-state index is 0.00865. The number of amides is 1. The van der Waals surface area contributed by atoms with E-state index in [2.05, 4.69) is 22.3 Å². The molecule has 1 N–H and O–H groups in total. The molecule has 1 saturated heterocycles. The Labute approximate surface area is 125 Å². The van der Waals surface area contributed by atoms with E-state index in [4.69, 9.17) is 10.00 Å². The molecule has 1 amide bonds. The van der Waals surface area contributed by atoms with Gasteiger partial charge in [0, 0.05) is 12.6 Å². The van der Waals surface area contributed by atoms with Gasteiger partial charge in [0.2, 0.25) is 5.91 Å². The third-order valence-corrected chi connectivity index (χ3v) is 3.77. The van der Waals surface area contributed by atoms with E-state index in [9.17, 15) is 4.79 Å². The van der Waals surface area contributed by atoms with Crippen LogP contribution in [0.4, 0.5) is 0 Å². The van der Waals surface area contributed by atoms with Gasteiger partial charge >= 0.3 is 0 Å². The monoisotopic (exact) mass is 287 g/mol. The Morgan fingerprint density at radius 1 is 1.48 bits per heavy atom. The number of rotatable bonds is 6. The fraction of sp³-hybridized carbons (Fsp3) is 0.500. The molecular formula is C16H21N3O2. The number of hydrogen-bond donors (Lipinski definition) is 1. The fourth-order valence-corrected chi connectivity index (χ4v) is 2.72. The second kappa shape index (κ2) is 7.65. The molecule has 1 atom stereocenters. The van der Waals surface area contributed by atoms with Crippen molar-refractivity contribution in [1.82, 2.24) is 10.2 Å². The first-order chi connectivity index (χ1) is 10.2. The summed E-state index contributed by atoms with van der Waals surface area (Å²) in [6.45, 7) is 1.75. The average Bonchev–Trinajstić information content (AvgIpc) is 2.95. The molecule has 0 saturated carbocycles. The van der Waals surface area contributed by atoms with Gasteiger partial charge in [-0.25, -0.2) is 0 Å². The normalized spacial score (nSPS) is 18.2. The van der Waals surface area contributed by atoms with Crippen LogP contribution >= 0.6 is 0 Å². The fourth-order valence-electron chi connectivity index (χ4n) is 2.72. The van der Waals surface area contributed by atoms with Crippen molar-refractivity contribution in [2.75, 3.05) is 26.7 Å². The highest BCUT2D eigenvalue weighted by molar-refractivity contribution is 5.78. The van der Waals surface area contributed by atoms with Gasteiger partial charge in [-0.1, -0.05) is 12.1 Å². The van der Waals surface area contributed by atoms with Crippen LogP contribution in [0.3, 0.4) is 0 Å². The molecular weight excluding hydrogens is 266 g/mol. The quantitative estimate of drug-likeness (QED) is 0.811.